The minimum atomic E-state index is -1.99. The second kappa shape index (κ2) is 26.2. The molecule has 19 heteroatoms. The van der Waals surface area contributed by atoms with Crippen LogP contribution in [0.1, 0.15) is 112 Å². The van der Waals surface area contributed by atoms with Crippen LogP contribution in [0.4, 0.5) is 0 Å². The Kier molecular flexibility index (Phi) is 21.7. The number of amides is 1. The number of benzene rings is 1. The molecule has 4 saturated heterocycles. The van der Waals surface area contributed by atoms with Crippen LogP contribution in [0.3, 0.4) is 0 Å². The summed E-state index contributed by atoms with van der Waals surface area (Å²) in [4.78, 5) is 40.7. The Labute approximate surface area is 434 Å². The van der Waals surface area contributed by atoms with Crippen molar-refractivity contribution < 1.29 is 73.1 Å². The standard InChI is InChI=1S/C54H90N4O15/c1-15-41-54(11,65)46(60)34(5)43(55-68-28-18-17-23-58-26-24-57(16-2)25-27-58)32(3)30-52(9,64)48(35(6)45(36(7)50(63)71-41)72-42-31-53(10,67-14)47(61)37(8)70-42)73-51-44(59)40(29-33(4)69-51)56(12)49(62)38-19-21-39(66-13)22-20-38/h17-22,32-37,40-42,44-48,51,59-61,64-65H,15-16,23-31H2,1-14H3/b18-17+,55-43+/t32-,33-,34+,35+,36-,37+,40+,41-,42+,44-,45+,46-,47+,48-,51+,52+,53-,54-/m1/s1. The molecule has 5 N–H and O–H groups in total. The van der Waals surface area contributed by atoms with Gasteiger partial charge in [0.1, 0.15) is 36.3 Å². The number of carbonyl (C=O) groups is 2. The minimum absolute atomic E-state index is 0.0541. The van der Waals surface area contributed by atoms with Crippen LogP contribution >= 0.6 is 0 Å². The van der Waals surface area contributed by atoms with Gasteiger partial charge in [-0.15, -0.1) is 0 Å². The Morgan fingerprint density at radius 2 is 1.52 bits per heavy atom. The van der Waals surface area contributed by atoms with E-state index in [0.29, 0.717) is 17.0 Å². The van der Waals surface area contributed by atoms with E-state index in [1.165, 1.54) is 26.0 Å². The highest BCUT2D eigenvalue weighted by Crippen LogP contribution is 2.41. The summed E-state index contributed by atoms with van der Waals surface area (Å²) in [6.07, 6.45) is -7.10. The number of hydrogen-bond acceptors (Lipinski definition) is 18. The van der Waals surface area contributed by atoms with E-state index >= 15 is 0 Å². The Morgan fingerprint density at radius 3 is 2.12 bits per heavy atom. The van der Waals surface area contributed by atoms with E-state index in [4.69, 9.17) is 38.0 Å². The van der Waals surface area contributed by atoms with Crippen LogP contribution in [0.25, 0.3) is 0 Å². The first-order valence-electron chi connectivity index (χ1n) is 26.4. The molecule has 19 nitrogen and oxygen atoms in total. The zero-order chi connectivity index (χ0) is 54.2. The lowest BCUT2D eigenvalue weighted by Crippen LogP contribution is -2.61. The lowest BCUT2D eigenvalue weighted by atomic mass is 9.73. The molecule has 4 fully saturated rings. The molecule has 1 aromatic rings. The fourth-order valence-corrected chi connectivity index (χ4v) is 11.3. The van der Waals surface area contributed by atoms with Gasteiger partial charge >= 0.3 is 5.97 Å². The van der Waals surface area contributed by atoms with E-state index in [0.717, 1.165) is 39.3 Å². The molecule has 5 rings (SSSR count). The maximum absolute atomic E-state index is 14.6. The number of oxime groups is 1. The topological polar surface area (TPSA) is 231 Å². The number of nitrogens with zero attached hydrogens (tertiary/aromatic N) is 4. The third-order valence-corrected chi connectivity index (χ3v) is 16.1. The third kappa shape index (κ3) is 14.6. The van der Waals surface area contributed by atoms with Crippen molar-refractivity contribution in [1.29, 1.82) is 0 Å². The molecule has 0 spiro atoms. The van der Waals surface area contributed by atoms with Crippen molar-refractivity contribution in [2.45, 2.75) is 186 Å². The van der Waals surface area contributed by atoms with Crippen LogP contribution in [-0.4, -0.2) is 209 Å². The zero-order valence-corrected chi connectivity index (χ0v) is 46.0. The molecular weight excluding hydrogens is 945 g/mol. The summed E-state index contributed by atoms with van der Waals surface area (Å²) in [5, 5.41) is 65.4. The van der Waals surface area contributed by atoms with Gasteiger partial charge in [0.25, 0.3) is 5.91 Å². The number of aliphatic hydroxyl groups is 5. The van der Waals surface area contributed by atoms with Crippen LogP contribution in [0.15, 0.2) is 41.6 Å². The van der Waals surface area contributed by atoms with Gasteiger partial charge in [0, 0.05) is 76.6 Å². The van der Waals surface area contributed by atoms with E-state index in [2.05, 4.69) is 21.9 Å². The first kappa shape index (κ1) is 60.6. The maximum atomic E-state index is 14.6. The minimum Gasteiger partial charge on any atom is -0.497 e. The van der Waals surface area contributed by atoms with Gasteiger partial charge in [0.15, 0.2) is 12.6 Å². The molecule has 4 aliphatic rings. The molecule has 0 radical (unpaired) electrons. The number of likely N-dealkylation sites (N-methyl/N-ethyl adjacent to an activating group) is 2. The summed E-state index contributed by atoms with van der Waals surface area (Å²) in [7, 11) is 4.63. The fraction of sp³-hybridized carbons (Fsp3) is 0.796. The molecule has 416 valence electrons. The predicted octanol–water partition coefficient (Wildman–Crippen LogP) is 4.00. The van der Waals surface area contributed by atoms with Gasteiger partial charge in [0.05, 0.1) is 66.5 Å². The van der Waals surface area contributed by atoms with Gasteiger partial charge < -0.3 is 73.3 Å². The Balaban J connectivity index is 1.55. The molecule has 0 bridgehead atoms. The van der Waals surface area contributed by atoms with Crippen molar-refractivity contribution in [1.82, 2.24) is 14.7 Å². The lowest BCUT2D eigenvalue weighted by Gasteiger charge is -2.49. The molecule has 73 heavy (non-hydrogen) atoms. The van der Waals surface area contributed by atoms with Crippen molar-refractivity contribution in [3.05, 3.63) is 42.0 Å². The maximum Gasteiger partial charge on any atom is 0.311 e. The number of piperazine rings is 1. The molecule has 4 heterocycles. The molecule has 18 atom stereocenters. The average molecular weight is 1040 g/mol. The summed E-state index contributed by atoms with van der Waals surface area (Å²) in [5.41, 5.74) is -4.26. The van der Waals surface area contributed by atoms with Crippen molar-refractivity contribution in [3.63, 3.8) is 0 Å². The van der Waals surface area contributed by atoms with Crippen molar-refractivity contribution in [2.75, 3.05) is 67.1 Å². The molecule has 1 amide bonds. The summed E-state index contributed by atoms with van der Waals surface area (Å²) >= 11 is 0. The number of esters is 1. The smallest absolute Gasteiger partial charge is 0.311 e. The van der Waals surface area contributed by atoms with Crippen LogP contribution in [-0.2, 0) is 38.1 Å². The molecule has 1 aromatic carbocycles. The Hall–Kier alpha value is -3.31. The average Bonchev–Trinajstić information content (AvgIpc) is 3.36. The zero-order valence-electron chi connectivity index (χ0n) is 46.0. The first-order valence-corrected chi connectivity index (χ1v) is 26.4. The normalized spacial score (nSPS) is 40.5. The third-order valence-electron chi connectivity index (χ3n) is 16.1. The second-order valence-electron chi connectivity index (χ2n) is 21.8. The molecule has 0 aliphatic carbocycles. The van der Waals surface area contributed by atoms with Crippen LogP contribution < -0.4 is 4.74 Å². The first-order chi connectivity index (χ1) is 34.3. The van der Waals surface area contributed by atoms with E-state index in [9.17, 15) is 35.1 Å². The molecule has 0 saturated carbocycles. The Morgan fingerprint density at radius 1 is 0.877 bits per heavy atom. The summed E-state index contributed by atoms with van der Waals surface area (Å²) in [6.45, 7) is 24.9. The highest BCUT2D eigenvalue weighted by molar-refractivity contribution is 5.94. The van der Waals surface area contributed by atoms with Gasteiger partial charge in [-0.1, -0.05) is 45.9 Å². The SMILES string of the molecule is CC[C@H]1OC(=O)[C@H](C)[C@@H](O[C@H]2C[C@@](C)(OC)[C@@H](O)[C@H](C)O2)[C@H](C)[C@@H](O[C@@H]2O[C@H](C)C[C@H](N(C)C(=O)c3ccc(OC)cc3)[C@H]2O)[C@@](C)(O)C[C@@H](C)/C(=N\OC/C=C/CN2CCN(CC)CC2)[C@H](C)[C@@H](O)[C@]1(C)O. The number of ether oxygens (including phenoxy) is 7. The van der Waals surface area contributed by atoms with Crippen LogP contribution in [0.2, 0.25) is 0 Å². The second-order valence-corrected chi connectivity index (χ2v) is 21.8. The van der Waals surface area contributed by atoms with E-state index in [-0.39, 0.29) is 38.2 Å². The highest BCUT2D eigenvalue weighted by Gasteiger charge is 2.54. The summed E-state index contributed by atoms with van der Waals surface area (Å²) in [5.74, 6) is -4.15. The number of methoxy groups -OCH3 is 2. The summed E-state index contributed by atoms with van der Waals surface area (Å²) < 4.78 is 43.6. The van der Waals surface area contributed by atoms with Crippen molar-refractivity contribution in [2.24, 2.45) is 28.8 Å². The summed E-state index contributed by atoms with van der Waals surface area (Å²) in [6, 6.07) is 5.86. The lowest BCUT2D eigenvalue weighted by molar-refractivity contribution is -0.317. The van der Waals surface area contributed by atoms with E-state index in [1.807, 2.05) is 26.0 Å². The predicted molar refractivity (Wildman–Crippen MR) is 274 cm³/mol. The van der Waals surface area contributed by atoms with Gasteiger partial charge in [-0.25, -0.2) is 0 Å². The Bertz CT molecular complexity index is 1960. The van der Waals surface area contributed by atoms with Crippen molar-refractivity contribution >= 4 is 17.6 Å². The van der Waals surface area contributed by atoms with Crippen LogP contribution in [0.5, 0.6) is 5.75 Å². The number of carbonyl (C=O) groups excluding carboxylic acids is 2. The quantitative estimate of drug-likeness (QED) is 0.0724. The van der Waals surface area contributed by atoms with Gasteiger partial charge in [-0.2, -0.15) is 0 Å². The fourth-order valence-electron chi connectivity index (χ4n) is 11.3. The van der Waals surface area contributed by atoms with Gasteiger partial charge in [0.2, 0.25) is 0 Å². The molecule has 0 aromatic heterocycles. The highest BCUT2D eigenvalue weighted by atomic mass is 16.7. The number of rotatable bonds is 15. The van der Waals surface area contributed by atoms with Gasteiger partial charge in [-0.05, 0) is 97.7 Å². The van der Waals surface area contributed by atoms with E-state index in [1.54, 1.807) is 79.8 Å². The number of cyclic esters (lactones) is 1. The van der Waals surface area contributed by atoms with Gasteiger partial charge in [-0.3, -0.25) is 14.5 Å². The number of aliphatic hydroxyl groups excluding tert-OH is 3. The van der Waals surface area contributed by atoms with Crippen LogP contribution in [0, 0.1) is 23.7 Å². The number of hydrogen-bond donors (Lipinski definition) is 5. The molecule has 4 aliphatic heterocycles. The monoisotopic (exact) mass is 1030 g/mol. The molecule has 0 unspecified atom stereocenters. The largest absolute Gasteiger partial charge is 0.497 e. The van der Waals surface area contributed by atoms with Crippen molar-refractivity contribution in [3.8, 4) is 5.75 Å². The molecular formula is C54H90N4O15. The van der Waals surface area contributed by atoms with E-state index < -0.39 is 114 Å².